The summed E-state index contributed by atoms with van der Waals surface area (Å²) in [6, 6.07) is 14.6. The van der Waals surface area contributed by atoms with Gasteiger partial charge < -0.3 is 19.9 Å². The van der Waals surface area contributed by atoms with Gasteiger partial charge in [0.25, 0.3) is 0 Å². The quantitative estimate of drug-likeness (QED) is 0.422. The lowest BCUT2D eigenvalue weighted by Crippen LogP contribution is -2.12. The Balaban J connectivity index is 1.75. The second kappa shape index (κ2) is 9.57. The standard InChI is InChI=1S/C20H25NO4/c1-15(2)25-20(22)16-10-11-18(21)19(14-16)24-13-7-6-12-23-17-8-4-3-5-9-17/h3-5,8-11,14-15H,6-7,12-13,21H2,1-2H3. The predicted octanol–water partition coefficient (Wildman–Crippen LogP) is 4.07. The first-order valence-corrected chi connectivity index (χ1v) is 8.47. The van der Waals surface area contributed by atoms with Crippen LogP contribution in [0.25, 0.3) is 0 Å². The highest BCUT2D eigenvalue weighted by molar-refractivity contribution is 5.90. The minimum atomic E-state index is -0.379. The number of esters is 1. The van der Waals surface area contributed by atoms with Gasteiger partial charge >= 0.3 is 5.97 Å². The van der Waals surface area contributed by atoms with Gasteiger partial charge in [-0.1, -0.05) is 18.2 Å². The van der Waals surface area contributed by atoms with Gasteiger partial charge in [0.2, 0.25) is 0 Å². The molecular weight excluding hydrogens is 318 g/mol. The van der Waals surface area contributed by atoms with Crippen LogP contribution in [0.1, 0.15) is 37.0 Å². The fourth-order valence-corrected chi connectivity index (χ4v) is 2.16. The maximum Gasteiger partial charge on any atom is 0.338 e. The highest BCUT2D eigenvalue weighted by Gasteiger charge is 2.12. The first kappa shape index (κ1) is 18.6. The van der Waals surface area contributed by atoms with Gasteiger partial charge in [-0.2, -0.15) is 0 Å². The van der Waals surface area contributed by atoms with Crippen molar-refractivity contribution in [1.29, 1.82) is 0 Å². The lowest BCUT2D eigenvalue weighted by Gasteiger charge is -2.12. The highest BCUT2D eigenvalue weighted by atomic mass is 16.5. The molecule has 25 heavy (non-hydrogen) atoms. The van der Waals surface area contributed by atoms with Crippen LogP contribution in [0.15, 0.2) is 48.5 Å². The first-order chi connectivity index (χ1) is 12.1. The zero-order valence-electron chi connectivity index (χ0n) is 14.7. The molecule has 2 aromatic rings. The average Bonchev–Trinajstić information content (AvgIpc) is 2.59. The molecule has 0 saturated carbocycles. The smallest absolute Gasteiger partial charge is 0.338 e. The molecular formula is C20H25NO4. The summed E-state index contributed by atoms with van der Waals surface area (Å²) in [5.74, 6) is 0.988. The molecule has 0 aliphatic heterocycles. The summed E-state index contributed by atoms with van der Waals surface area (Å²) in [6.45, 7) is 4.75. The van der Waals surface area contributed by atoms with Gasteiger partial charge in [0.15, 0.2) is 0 Å². The van der Waals surface area contributed by atoms with E-state index in [1.807, 2.05) is 44.2 Å². The molecule has 0 bridgehead atoms. The van der Waals surface area contributed by atoms with E-state index in [0.29, 0.717) is 30.2 Å². The van der Waals surface area contributed by atoms with Gasteiger partial charge in [-0.3, -0.25) is 0 Å². The van der Waals surface area contributed by atoms with Gasteiger partial charge in [-0.25, -0.2) is 4.79 Å². The van der Waals surface area contributed by atoms with E-state index < -0.39 is 0 Å². The Morgan fingerprint density at radius 3 is 2.36 bits per heavy atom. The number of nitrogen functional groups attached to an aromatic ring is 1. The fraction of sp³-hybridized carbons (Fsp3) is 0.350. The summed E-state index contributed by atoms with van der Waals surface area (Å²) < 4.78 is 16.5. The molecule has 0 aliphatic carbocycles. The molecule has 2 aromatic carbocycles. The van der Waals surface area contributed by atoms with Crippen molar-refractivity contribution in [3.8, 4) is 11.5 Å². The van der Waals surface area contributed by atoms with E-state index in [1.54, 1.807) is 18.2 Å². The zero-order valence-corrected chi connectivity index (χ0v) is 14.7. The third-order valence-corrected chi connectivity index (χ3v) is 3.40. The van der Waals surface area contributed by atoms with Crippen LogP contribution >= 0.6 is 0 Å². The molecule has 0 fully saturated rings. The minimum Gasteiger partial charge on any atom is -0.494 e. The van der Waals surface area contributed by atoms with Gasteiger partial charge in [0.1, 0.15) is 11.5 Å². The number of rotatable bonds is 9. The highest BCUT2D eigenvalue weighted by Crippen LogP contribution is 2.23. The molecule has 0 unspecified atom stereocenters. The van der Waals surface area contributed by atoms with Crippen LogP contribution in [0.4, 0.5) is 5.69 Å². The Labute approximate surface area is 148 Å². The van der Waals surface area contributed by atoms with Crippen LogP contribution < -0.4 is 15.2 Å². The number of hydrogen-bond acceptors (Lipinski definition) is 5. The third-order valence-electron chi connectivity index (χ3n) is 3.40. The Morgan fingerprint density at radius 2 is 1.68 bits per heavy atom. The Bertz CT molecular complexity index is 671. The van der Waals surface area contributed by atoms with Crippen molar-refractivity contribution >= 4 is 11.7 Å². The van der Waals surface area contributed by atoms with Crippen molar-refractivity contribution in [2.45, 2.75) is 32.8 Å². The summed E-state index contributed by atoms with van der Waals surface area (Å²) in [4.78, 5) is 11.9. The molecule has 0 spiro atoms. The van der Waals surface area contributed by atoms with Crippen LogP contribution in [0, 0.1) is 0 Å². The third kappa shape index (κ3) is 6.37. The van der Waals surface area contributed by atoms with Crippen molar-refractivity contribution < 1.29 is 19.0 Å². The maximum atomic E-state index is 11.9. The Morgan fingerprint density at radius 1 is 1.00 bits per heavy atom. The average molecular weight is 343 g/mol. The molecule has 5 nitrogen and oxygen atoms in total. The molecule has 0 aliphatic rings. The SMILES string of the molecule is CC(C)OC(=O)c1ccc(N)c(OCCCCOc2ccccc2)c1. The van der Waals surface area contributed by atoms with E-state index in [9.17, 15) is 4.79 Å². The number of benzene rings is 2. The van der Waals surface area contributed by atoms with Crippen LogP contribution in [0.2, 0.25) is 0 Å². The molecule has 0 aromatic heterocycles. The Kier molecular flexibility index (Phi) is 7.14. The number of carbonyl (C=O) groups is 1. The number of carbonyl (C=O) groups excluding carboxylic acids is 1. The monoisotopic (exact) mass is 343 g/mol. The summed E-state index contributed by atoms with van der Waals surface area (Å²) in [5.41, 5.74) is 6.84. The summed E-state index contributed by atoms with van der Waals surface area (Å²) >= 11 is 0. The van der Waals surface area contributed by atoms with E-state index >= 15 is 0 Å². The molecule has 0 heterocycles. The Hall–Kier alpha value is -2.69. The van der Waals surface area contributed by atoms with Gasteiger partial charge in [0, 0.05) is 0 Å². The molecule has 2 rings (SSSR count). The van der Waals surface area contributed by atoms with Crippen molar-refractivity contribution in [3.63, 3.8) is 0 Å². The number of hydrogen-bond donors (Lipinski definition) is 1. The van der Waals surface area contributed by atoms with Crippen molar-refractivity contribution in [3.05, 3.63) is 54.1 Å². The van der Waals surface area contributed by atoms with E-state index in [4.69, 9.17) is 19.9 Å². The second-order valence-corrected chi connectivity index (χ2v) is 5.92. The normalized spacial score (nSPS) is 10.5. The molecule has 0 amide bonds. The second-order valence-electron chi connectivity index (χ2n) is 5.92. The van der Waals surface area contributed by atoms with Crippen molar-refractivity contribution in [2.24, 2.45) is 0 Å². The van der Waals surface area contributed by atoms with E-state index in [2.05, 4.69) is 0 Å². The number of ether oxygens (including phenoxy) is 3. The first-order valence-electron chi connectivity index (χ1n) is 8.47. The summed E-state index contributed by atoms with van der Waals surface area (Å²) in [5, 5.41) is 0. The molecule has 0 atom stereocenters. The van der Waals surface area contributed by atoms with Crippen LogP contribution in [-0.4, -0.2) is 25.3 Å². The number of anilines is 1. The predicted molar refractivity (Wildman–Crippen MR) is 98.1 cm³/mol. The molecule has 2 N–H and O–H groups in total. The fourth-order valence-electron chi connectivity index (χ4n) is 2.16. The largest absolute Gasteiger partial charge is 0.494 e. The lowest BCUT2D eigenvalue weighted by atomic mass is 10.2. The maximum absolute atomic E-state index is 11.9. The molecule has 0 saturated heterocycles. The van der Waals surface area contributed by atoms with Gasteiger partial charge in [0.05, 0.1) is 30.6 Å². The van der Waals surface area contributed by atoms with Gasteiger partial charge in [-0.05, 0) is 57.0 Å². The van der Waals surface area contributed by atoms with Crippen molar-refractivity contribution in [1.82, 2.24) is 0 Å². The number of para-hydroxylation sites is 1. The van der Waals surface area contributed by atoms with E-state index in [-0.39, 0.29) is 12.1 Å². The van der Waals surface area contributed by atoms with Crippen molar-refractivity contribution in [2.75, 3.05) is 18.9 Å². The molecule has 0 radical (unpaired) electrons. The zero-order chi connectivity index (χ0) is 18.1. The van der Waals surface area contributed by atoms with Crippen LogP contribution in [0.5, 0.6) is 11.5 Å². The number of nitrogens with two attached hydrogens (primary N) is 1. The summed E-state index contributed by atoms with van der Waals surface area (Å²) in [6.07, 6.45) is 1.52. The molecule has 134 valence electrons. The number of unbranched alkanes of at least 4 members (excludes halogenated alkanes) is 1. The van der Waals surface area contributed by atoms with E-state index in [0.717, 1.165) is 18.6 Å². The topological polar surface area (TPSA) is 70.8 Å². The summed E-state index contributed by atoms with van der Waals surface area (Å²) in [7, 11) is 0. The molecule has 5 heteroatoms. The van der Waals surface area contributed by atoms with Gasteiger partial charge in [-0.15, -0.1) is 0 Å². The lowest BCUT2D eigenvalue weighted by molar-refractivity contribution is 0.0377. The van der Waals surface area contributed by atoms with E-state index in [1.165, 1.54) is 0 Å². The minimum absolute atomic E-state index is 0.168. The van der Waals surface area contributed by atoms with Crippen LogP contribution in [-0.2, 0) is 4.74 Å². The van der Waals surface area contributed by atoms with Crippen LogP contribution in [0.3, 0.4) is 0 Å².